The molecule has 2 rings (SSSR count). The van der Waals surface area contributed by atoms with E-state index in [-0.39, 0.29) is 18.6 Å². The largest absolute Gasteiger partial charge is 0.469 e. The SMILES string of the molecule is Cc1occc1C(=O)N1CCC(C)C1CO. The topological polar surface area (TPSA) is 53.7 Å². The highest BCUT2D eigenvalue weighted by molar-refractivity contribution is 5.95. The number of hydrogen-bond donors (Lipinski definition) is 1. The maximum Gasteiger partial charge on any atom is 0.257 e. The Kier molecular flexibility index (Phi) is 3.01. The molecule has 0 aliphatic carbocycles. The van der Waals surface area contributed by atoms with E-state index in [4.69, 9.17) is 4.42 Å². The first kappa shape index (κ1) is 11.2. The van der Waals surface area contributed by atoms with Crippen LogP contribution in [-0.2, 0) is 0 Å². The fourth-order valence-corrected chi connectivity index (χ4v) is 2.30. The average Bonchev–Trinajstić information content (AvgIpc) is 2.83. The average molecular weight is 223 g/mol. The summed E-state index contributed by atoms with van der Waals surface area (Å²) >= 11 is 0. The van der Waals surface area contributed by atoms with Crippen molar-refractivity contribution in [3.63, 3.8) is 0 Å². The molecule has 1 aliphatic rings. The molecule has 0 radical (unpaired) electrons. The number of amides is 1. The van der Waals surface area contributed by atoms with Gasteiger partial charge >= 0.3 is 0 Å². The molecule has 1 aromatic heterocycles. The Morgan fingerprint density at radius 2 is 2.44 bits per heavy atom. The van der Waals surface area contributed by atoms with E-state index in [9.17, 15) is 9.90 Å². The van der Waals surface area contributed by atoms with E-state index in [1.54, 1.807) is 17.9 Å². The van der Waals surface area contributed by atoms with Gasteiger partial charge in [0.25, 0.3) is 5.91 Å². The molecular formula is C12H17NO3. The van der Waals surface area contributed by atoms with Gasteiger partial charge in [-0.2, -0.15) is 0 Å². The molecule has 1 N–H and O–H groups in total. The predicted octanol–water partition coefficient (Wildman–Crippen LogP) is 1.43. The highest BCUT2D eigenvalue weighted by Gasteiger charge is 2.35. The number of furan rings is 1. The van der Waals surface area contributed by atoms with Gasteiger partial charge in [0.2, 0.25) is 0 Å². The monoisotopic (exact) mass is 223 g/mol. The Balaban J connectivity index is 2.20. The van der Waals surface area contributed by atoms with Crippen LogP contribution in [0.3, 0.4) is 0 Å². The van der Waals surface area contributed by atoms with Gasteiger partial charge in [0, 0.05) is 6.54 Å². The van der Waals surface area contributed by atoms with Crippen molar-refractivity contribution in [1.82, 2.24) is 4.90 Å². The molecule has 0 bridgehead atoms. The number of aryl methyl sites for hydroxylation is 1. The minimum Gasteiger partial charge on any atom is -0.469 e. The van der Waals surface area contributed by atoms with Crippen LogP contribution in [0.1, 0.15) is 29.5 Å². The summed E-state index contributed by atoms with van der Waals surface area (Å²) in [6, 6.07) is 1.64. The third kappa shape index (κ3) is 1.73. The van der Waals surface area contributed by atoms with Gasteiger partial charge in [0.1, 0.15) is 5.76 Å². The molecule has 16 heavy (non-hydrogen) atoms. The predicted molar refractivity (Wildman–Crippen MR) is 59.1 cm³/mol. The number of hydrogen-bond acceptors (Lipinski definition) is 3. The van der Waals surface area contributed by atoms with E-state index in [2.05, 4.69) is 6.92 Å². The summed E-state index contributed by atoms with van der Waals surface area (Å²) in [4.78, 5) is 14.0. The van der Waals surface area contributed by atoms with Crippen LogP contribution in [0.4, 0.5) is 0 Å². The lowest BCUT2D eigenvalue weighted by Crippen LogP contribution is -2.39. The summed E-state index contributed by atoms with van der Waals surface area (Å²) in [6.07, 6.45) is 2.48. The Bertz CT molecular complexity index is 385. The first-order chi connectivity index (χ1) is 7.65. The molecule has 1 fully saturated rings. The number of rotatable bonds is 2. The molecule has 1 aromatic rings. The summed E-state index contributed by atoms with van der Waals surface area (Å²) in [5.41, 5.74) is 0.604. The number of aliphatic hydroxyl groups is 1. The second-order valence-corrected chi connectivity index (χ2v) is 4.40. The third-order valence-corrected chi connectivity index (χ3v) is 3.42. The first-order valence-corrected chi connectivity index (χ1v) is 5.61. The number of likely N-dealkylation sites (tertiary alicyclic amines) is 1. The maximum absolute atomic E-state index is 12.2. The van der Waals surface area contributed by atoms with Gasteiger partial charge in [0.05, 0.1) is 24.5 Å². The zero-order chi connectivity index (χ0) is 11.7. The van der Waals surface area contributed by atoms with Crippen molar-refractivity contribution >= 4 is 5.91 Å². The van der Waals surface area contributed by atoms with Crippen LogP contribution in [-0.4, -0.2) is 35.1 Å². The summed E-state index contributed by atoms with van der Waals surface area (Å²) in [6.45, 7) is 4.59. The lowest BCUT2D eigenvalue weighted by atomic mass is 10.0. The standard InChI is InChI=1S/C12H17NO3/c1-8-3-5-13(11(8)7-14)12(15)10-4-6-16-9(10)2/h4,6,8,11,14H,3,5,7H2,1-2H3. The molecule has 0 spiro atoms. The quantitative estimate of drug-likeness (QED) is 0.825. The van der Waals surface area contributed by atoms with Crippen LogP contribution in [0.5, 0.6) is 0 Å². The van der Waals surface area contributed by atoms with Crippen LogP contribution in [0.25, 0.3) is 0 Å². The van der Waals surface area contributed by atoms with Crippen LogP contribution in [0.15, 0.2) is 16.7 Å². The van der Waals surface area contributed by atoms with E-state index >= 15 is 0 Å². The summed E-state index contributed by atoms with van der Waals surface area (Å²) in [5.74, 6) is 0.969. The first-order valence-electron chi connectivity index (χ1n) is 5.61. The number of carbonyl (C=O) groups excluding carboxylic acids is 1. The molecule has 4 nitrogen and oxygen atoms in total. The normalized spacial score (nSPS) is 25.1. The van der Waals surface area contributed by atoms with E-state index in [1.165, 1.54) is 6.26 Å². The van der Waals surface area contributed by atoms with E-state index in [1.807, 2.05) is 0 Å². The second kappa shape index (κ2) is 4.29. The minimum atomic E-state index is -0.0539. The van der Waals surface area contributed by atoms with Crippen molar-refractivity contribution in [3.8, 4) is 0 Å². The minimum absolute atomic E-state index is 0.0316. The Labute approximate surface area is 94.9 Å². The highest BCUT2D eigenvalue weighted by Crippen LogP contribution is 2.26. The van der Waals surface area contributed by atoms with Gasteiger partial charge < -0.3 is 14.4 Å². The van der Waals surface area contributed by atoms with Gasteiger partial charge in [-0.05, 0) is 25.3 Å². The smallest absolute Gasteiger partial charge is 0.257 e. The van der Waals surface area contributed by atoms with Gasteiger partial charge in [0.15, 0.2) is 0 Å². The van der Waals surface area contributed by atoms with Crippen LogP contribution < -0.4 is 0 Å². The Morgan fingerprint density at radius 3 is 3.00 bits per heavy atom. The summed E-state index contributed by atoms with van der Waals surface area (Å²) in [7, 11) is 0. The molecule has 2 heterocycles. The van der Waals surface area contributed by atoms with E-state index < -0.39 is 0 Å². The van der Waals surface area contributed by atoms with Gasteiger partial charge in [-0.1, -0.05) is 6.92 Å². The Hall–Kier alpha value is -1.29. The zero-order valence-corrected chi connectivity index (χ0v) is 9.64. The molecule has 88 valence electrons. The molecule has 2 unspecified atom stereocenters. The molecule has 1 saturated heterocycles. The van der Waals surface area contributed by atoms with Gasteiger partial charge in [-0.3, -0.25) is 4.79 Å². The zero-order valence-electron chi connectivity index (χ0n) is 9.64. The van der Waals surface area contributed by atoms with Crippen molar-refractivity contribution < 1.29 is 14.3 Å². The van der Waals surface area contributed by atoms with Crippen LogP contribution in [0, 0.1) is 12.8 Å². The Morgan fingerprint density at radius 1 is 1.69 bits per heavy atom. The van der Waals surface area contributed by atoms with Crippen molar-refractivity contribution in [1.29, 1.82) is 0 Å². The summed E-state index contributed by atoms with van der Waals surface area (Å²) in [5, 5.41) is 9.31. The molecule has 0 aromatic carbocycles. The second-order valence-electron chi connectivity index (χ2n) is 4.40. The number of aliphatic hydroxyl groups excluding tert-OH is 1. The molecule has 1 amide bonds. The van der Waals surface area contributed by atoms with E-state index in [0.29, 0.717) is 17.2 Å². The third-order valence-electron chi connectivity index (χ3n) is 3.42. The molecule has 0 saturated carbocycles. The maximum atomic E-state index is 12.2. The number of nitrogens with zero attached hydrogens (tertiary/aromatic N) is 1. The number of carbonyl (C=O) groups is 1. The van der Waals surface area contributed by atoms with Crippen LogP contribution >= 0.6 is 0 Å². The van der Waals surface area contributed by atoms with Crippen molar-refractivity contribution in [2.24, 2.45) is 5.92 Å². The molecular weight excluding hydrogens is 206 g/mol. The van der Waals surface area contributed by atoms with Crippen molar-refractivity contribution in [3.05, 3.63) is 23.7 Å². The van der Waals surface area contributed by atoms with Crippen LogP contribution in [0.2, 0.25) is 0 Å². The fraction of sp³-hybridized carbons (Fsp3) is 0.583. The van der Waals surface area contributed by atoms with Gasteiger partial charge in [-0.15, -0.1) is 0 Å². The lowest BCUT2D eigenvalue weighted by Gasteiger charge is -2.24. The van der Waals surface area contributed by atoms with Crippen molar-refractivity contribution in [2.75, 3.05) is 13.2 Å². The van der Waals surface area contributed by atoms with Gasteiger partial charge in [-0.25, -0.2) is 0 Å². The van der Waals surface area contributed by atoms with Crippen molar-refractivity contribution in [2.45, 2.75) is 26.3 Å². The fourth-order valence-electron chi connectivity index (χ4n) is 2.30. The molecule has 1 aliphatic heterocycles. The van der Waals surface area contributed by atoms with E-state index in [0.717, 1.165) is 13.0 Å². The summed E-state index contributed by atoms with van der Waals surface area (Å²) < 4.78 is 5.13. The molecule has 2 atom stereocenters. The highest BCUT2D eigenvalue weighted by atomic mass is 16.3. The molecule has 4 heteroatoms. The lowest BCUT2D eigenvalue weighted by molar-refractivity contribution is 0.0646.